The van der Waals surface area contributed by atoms with E-state index in [1.165, 1.54) is 0 Å². The smallest absolute Gasteiger partial charge is 0.220 e. The lowest BCUT2D eigenvalue weighted by Crippen LogP contribution is -2.29. The highest BCUT2D eigenvalue weighted by atomic mass is 35.5. The zero-order valence-electron chi connectivity index (χ0n) is 12.5. The first kappa shape index (κ1) is 19.3. The Morgan fingerprint density at radius 2 is 2.00 bits per heavy atom. The normalized spacial score (nSPS) is 13.7. The molecule has 126 valence electrons. The largest absolute Gasteiger partial charge is 0.352 e. The van der Waals surface area contributed by atoms with E-state index in [1.54, 1.807) is 0 Å². The molecule has 0 aliphatic carbocycles. The highest BCUT2D eigenvalue weighted by Gasteiger charge is 2.14. The summed E-state index contributed by atoms with van der Waals surface area (Å²) in [4.78, 5) is 23.5. The molecule has 4 nitrogen and oxygen atoms in total. The zero-order chi connectivity index (χ0) is 15.9. The second-order valence-electron chi connectivity index (χ2n) is 5.14. The quantitative estimate of drug-likeness (QED) is 0.615. The van der Waals surface area contributed by atoms with Crippen LogP contribution in [-0.2, 0) is 4.79 Å². The van der Waals surface area contributed by atoms with E-state index in [0.717, 1.165) is 37.2 Å². The molecule has 1 aliphatic rings. The predicted octanol–water partition coefficient (Wildman–Crippen LogP) is 2.39. The number of carbonyl (C=O) groups excluding carboxylic acids is 2. The fraction of sp³-hybridized carbons (Fsp3) is 0.375. The van der Waals surface area contributed by atoms with Gasteiger partial charge in [-0.1, -0.05) is 11.6 Å². The van der Waals surface area contributed by atoms with Crippen molar-refractivity contribution >= 4 is 24.1 Å². The van der Waals surface area contributed by atoms with Crippen LogP contribution in [-0.4, -0.2) is 31.3 Å². The highest BCUT2D eigenvalue weighted by molar-refractivity contribution is 5.98. The van der Waals surface area contributed by atoms with Crippen LogP contribution in [0.15, 0.2) is 29.8 Å². The molecular formula is C16H19ClF2N2O2. The summed E-state index contributed by atoms with van der Waals surface area (Å²) in [6.45, 7) is 2.16. The summed E-state index contributed by atoms with van der Waals surface area (Å²) in [5.41, 5.74) is 0.971. The number of amides is 1. The van der Waals surface area contributed by atoms with Gasteiger partial charge in [-0.15, -0.1) is 12.4 Å². The van der Waals surface area contributed by atoms with E-state index in [9.17, 15) is 18.4 Å². The van der Waals surface area contributed by atoms with Gasteiger partial charge in [0.25, 0.3) is 0 Å². The lowest BCUT2D eigenvalue weighted by Gasteiger charge is -2.14. The Kier molecular flexibility index (Phi) is 7.85. The summed E-state index contributed by atoms with van der Waals surface area (Å²) in [7, 11) is 0. The molecule has 0 aromatic heterocycles. The molecule has 0 bridgehead atoms. The number of nitrogens with one attached hydrogen (secondary N) is 2. The minimum atomic E-state index is -0.898. The standard InChI is InChI=1S/C16H18F2N2O2.ClH/c17-12-1-2-13(14(18)9-12)15(21)3-4-16(22)20-10-11-5-7-19-8-6-11;/h1-2,5,9,19H,3-4,6-8,10H2,(H,20,22);1H. The van der Waals surface area contributed by atoms with Crippen LogP contribution in [0.4, 0.5) is 8.78 Å². The Balaban J connectivity index is 0.00000264. The molecule has 2 N–H and O–H groups in total. The maximum Gasteiger partial charge on any atom is 0.220 e. The third-order valence-corrected chi connectivity index (χ3v) is 3.48. The van der Waals surface area contributed by atoms with Crippen molar-refractivity contribution in [3.8, 4) is 0 Å². The minimum Gasteiger partial charge on any atom is -0.352 e. The van der Waals surface area contributed by atoms with Crippen LogP contribution in [0, 0.1) is 11.6 Å². The van der Waals surface area contributed by atoms with Crippen molar-refractivity contribution in [3.05, 3.63) is 47.0 Å². The van der Waals surface area contributed by atoms with E-state index in [-0.39, 0.29) is 36.7 Å². The van der Waals surface area contributed by atoms with Gasteiger partial charge in [0.15, 0.2) is 5.78 Å². The molecule has 1 aromatic rings. The number of benzene rings is 1. The maximum atomic E-state index is 13.4. The van der Waals surface area contributed by atoms with Gasteiger partial charge in [-0.05, 0) is 25.1 Å². The molecule has 0 unspecified atom stereocenters. The van der Waals surface area contributed by atoms with Gasteiger partial charge in [0.1, 0.15) is 11.6 Å². The first-order valence-electron chi connectivity index (χ1n) is 7.20. The van der Waals surface area contributed by atoms with E-state index in [1.807, 2.05) is 6.08 Å². The Hall–Kier alpha value is -1.79. The Morgan fingerprint density at radius 1 is 1.22 bits per heavy atom. The van der Waals surface area contributed by atoms with Crippen molar-refractivity contribution in [2.75, 3.05) is 19.6 Å². The molecule has 1 aromatic carbocycles. The van der Waals surface area contributed by atoms with Crippen LogP contribution in [0.5, 0.6) is 0 Å². The molecule has 0 saturated heterocycles. The molecule has 1 aliphatic heterocycles. The number of hydrogen-bond donors (Lipinski definition) is 2. The summed E-state index contributed by atoms with van der Waals surface area (Å²) >= 11 is 0. The molecule has 0 fully saturated rings. The van der Waals surface area contributed by atoms with Crippen molar-refractivity contribution in [2.45, 2.75) is 19.3 Å². The monoisotopic (exact) mass is 344 g/mol. The molecule has 7 heteroatoms. The first-order chi connectivity index (χ1) is 10.6. The molecule has 0 radical (unpaired) electrons. The second-order valence-corrected chi connectivity index (χ2v) is 5.14. The summed E-state index contributed by atoms with van der Waals surface area (Å²) < 4.78 is 26.2. The third kappa shape index (κ3) is 6.08. The van der Waals surface area contributed by atoms with Crippen molar-refractivity contribution in [1.82, 2.24) is 10.6 Å². The molecule has 2 rings (SSSR count). The molecule has 0 spiro atoms. The van der Waals surface area contributed by atoms with Crippen molar-refractivity contribution in [3.63, 3.8) is 0 Å². The van der Waals surface area contributed by atoms with E-state index in [2.05, 4.69) is 10.6 Å². The Morgan fingerprint density at radius 3 is 2.65 bits per heavy atom. The Bertz CT molecular complexity index is 606. The molecular weight excluding hydrogens is 326 g/mol. The topological polar surface area (TPSA) is 58.2 Å². The minimum absolute atomic E-state index is 0. The van der Waals surface area contributed by atoms with Gasteiger partial charge < -0.3 is 10.6 Å². The number of rotatable bonds is 6. The van der Waals surface area contributed by atoms with Gasteiger partial charge in [-0.2, -0.15) is 0 Å². The summed E-state index contributed by atoms with van der Waals surface area (Å²) in [6.07, 6.45) is 2.80. The van der Waals surface area contributed by atoms with E-state index >= 15 is 0 Å². The van der Waals surface area contributed by atoms with Crippen LogP contribution in [0.25, 0.3) is 0 Å². The molecule has 1 heterocycles. The number of hydrogen-bond acceptors (Lipinski definition) is 3. The van der Waals surface area contributed by atoms with Crippen molar-refractivity contribution < 1.29 is 18.4 Å². The molecule has 1 amide bonds. The third-order valence-electron chi connectivity index (χ3n) is 3.48. The van der Waals surface area contributed by atoms with Crippen LogP contribution in [0.3, 0.4) is 0 Å². The van der Waals surface area contributed by atoms with Gasteiger partial charge in [0, 0.05) is 32.0 Å². The first-order valence-corrected chi connectivity index (χ1v) is 7.20. The molecule has 23 heavy (non-hydrogen) atoms. The van der Waals surface area contributed by atoms with Crippen LogP contribution in [0.1, 0.15) is 29.6 Å². The van der Waals surface area contributed by atoms with Crippen molar-refractivity contribution in [2.24, 2.45) is 0 Å². The average molecular weight is 345 g/mol. The molecule has 0 saturated carbocycles. The fourth-order valence-corrected chi connectivity index (χ4v) is 2.21. The zero-order valence-corrected chi connectivity index (χ0v) is 13.3. The van der Waals surface area contributed by atoms with Gasteiger partial charge in [0.2, 0.25) is 5.91 Å². The predicted molar refractivity (Wildman–Crippen MR) is 85.7 cm³/mol. The SMILES string of the molecule is Cl.O=C(CCC(=O)c1ccc(F)cc1F)NCC1=CCNCC1. The van der Waals surface area contributed by atoms with Gasteiger partial charge in [-0.25, -0.2) is 8.78 Å². The summed E-state index contributed by atoms with van der Waals surface area (Å²) in [5.74, 6) is -2.39. The Labute approximate surface area is 139 Å². The highest BCUT2D eigenvalue weighted by Crippen LogP contribution is 2.12. The van der Waals surface area contributed by atoms with E-state index < -0.39 is 17.4 Å². The van der Waals surface area contributed by atoms with Gasteiger partial charge in [0.05, 0.1) is 5.56 Å². The average Bonchev–Trinajstić information content (AvgIpc) is 2.51. The number of Topliss-reactive ketones (excluding diaryl/α,β-unsaturated/α-hetero) is 1. The summed E-state index contributed by atoms with van der Waals surface area (Å²) in [6, 6.07) is 2.79. The number of ketones is 1. The summed E-state index contributed by atoms with van der Waals surface area (Å²) in [5, 5.41) is 5.92. The number of halogens is 3. The van der Waals surface area contributed by atoms with Crippen LogP contribution in [0.2, 0.25) is 0 Å². The van der Waals surface area contributed by atoms with E-state index in [4.69, 9.17) is 0 Å². The van der Waals surface area contributed by atoms with Crippen LogP contribution < -0.4 is 10.6 Å². The van der Waals surface area contributed by atoms with Gasteiger partial charge >= 0.3 is 0 Å². The van der Waals surface area contributed by atoms with Crippen molar-refractivity contribution in [1.29, 1.82) is 0 Å². The molecule has 0 atom stereocenters. The lowest BCUT2D eigenvalue weighted by atomic mass is 10.1. The lowest BCUT2D eigenvalue weighted by molar-refractivity contribution is -0.120. The second kappa shape index (κ2) is 9.37. The number of carbonyl (C=O) groups is 2. The van der Waals surface area contributed by atoms with Crippen LogP contribution >= 0.6 is 12.4 Å². The van der Waals surface area contributed by atoms with E-state index in [0.29, 0.717) is 12.6 Å². The fourth-order valence-electron chi connectivity index (χ4n) is 2.21. The maximum absolute atomic E-state index is 13.4. The van der Waals surface area contributed by atoms with Gasteiger partial charge in [-0.3, -0.25) is 9.59 Å².